The summed E-state index contributed by atoms with van der Waals surface area (Å²) in [5, 5.41) is 3.57. The van der Waals surface area contributed by atoms with Gasteiger partial charge < -0.3 is 19.5 Å². The molecule has 1 atom stereocenters. The van der Waals surface area contributed by atoms with Gasteiger partial charge in [0.15, 0.2) is 0 Å². The fourth-order valence-electron chi connectivity index (χ4n) is 3.24. The van der Waals surface area contributed by atoms with Gasteiger partial charge in [0.1, 0.15) is 6.61 Å². The van der Waals surface area contributed by atoms with E-state index in [0.29, 0.717) is 28.8 Å². The lowest BCUT2D eigenvalue weighted by Crippen LogP contribution is -2.39. The molecule has 2 aromatic rings. The van der Waals surface area contributed by atoms with Crippen molar-refractivity contribution in [1.29, 1.82) is 0 Å². The molecule has 0 saturated carbocycles. The molecule has 172 valence electrons. The Kier molecular flexibility index (Phi) is 9.11. The lowest BCUT2D eigenvalue weighted by molar-refractivity contribution is -0.142. The third kappa shape index (κ3) is 6.54. The molecule has 0 aliphatic carbocycles. The number of alkyl carbamates (subject to hydrolysis) is 1. The lowest BCUT2D eigenvalue weighted by Gasteiger charge is -2.22. The zero-order chi connectivity index (χ0) is 23.1. The maximum atomic E-state index is 12.1. The van der Waals surface area contributed by atoms with Crippen LogP contribution in [0.2, 0.25) is 10.0 Å². The summed E-state index contributed by atoms with van der Waals surface area (Å²) < 4.78 is 15.4. The SMILES string of the molecule is COC(=O)C(C)c1cccc(Sc2ccc(COC(=O)NC3CCOCC3)c(Cl)c2Cl)c1. The number of nitrogens with one attached hydrogen (secondary N) is 1. The van der Waals surface area contributed by atoms with Gasteiger partial charge in [0.2, 0.25) is 0 Å². The third-order valence-corrected chi connectivity index (χ3v) is 7.25. The minimum absolute atomic E-state index is 0.0185. The first-order valence-electron chi connectivity index (χ1n) is 10.2. The summed E-state index contributed by atoms with van der Waals surface area (Å²) in [6.07, 6.45) is 1.06. The van der Waals surface area contributed by atoms with Crippen LogP contribution in [0.15, 0.2) is 46.2 Å². The Balaban J connectivity index is 1.63. The average Bonchev–Trinajstić information content (AvgIpc) is 2.81. The lowest BCUT2D eigenvalue weighted by atomic mass is 10.0. The minimum Gasteiger partial charge on any atom is -0.469 e. The molecule has 9 heteroatoms. The van der Waals surface area contributed by atoms with E-state index in [1.54, 1.807) is 13.0 Å². The van der Waals surface area contributed by atoms with Crippen LogP contribution in [0.5, 0.6) is 0 Å². The molecule has 0 aromatic heterocycles. The minimum atomic E-state index is -0.487. The maximum Gasteiger partial charge on any atom is 0.407 e. The number of amides is 1. The monoisotopic (exact) mass is 497 g/mol. The molecule has 0 bridgehead atoms. The molecule has 1 aliphatic rings. The molecule has 1 N–H and O–H groups in total. The number of halogens is 2. The summed E-state index contributed by atoms with van der Waals surface area (Å²) in [5.74, 6) is -0.662. The number of hydrogen-bond acceptors (Lipinski definition) is 6. The highest BCUT2D eigenvalue weighted by atomic mass is 35.5. The van der Waals surface area contributed by atoms with Crippen molar-refractivity contribution < 1.29 is 23.8 Å². The van der Waals surface area contributed by atoms with Crippen LogP contribution >= 0.6 is 35.0 Å². The van der Waals surface area contributed by atoms with E-state index in [4.69, 9.17) is 37.4 Å². The van der Waals surface area contributed by atoms with Gasteiger partial charge in [-0.05, 0) is 43.5 Å². The number of esters is 1. The molecule has 1 aliphatic heterocycles. The number of hydrogen-bond donors (Lipinski definition) is 1. The number of ether oxygens (including phenoxy) is 3. The van der Waals surface area contributed by atoms with Gasteiger partial charge in [0.05, 0.1) is 23.1 Å². The first-order valence-corrected chi connectivity index (χ1v) is 11.8. The highest BCUT2D eigenvalue weighted by molar-refractivity contribution is 7.99. The van der Waals surface area contributed by atoms with Gasteiger partial charge in [-0.2, -0.15) is 0 Å². The largest absolute Gasteiger partial charge is 0.469 e. The molecule has 0 radical (unpaired) electrons. The van der Waals surface area contributed by atoms with Crippen LogP contribution in [0, 0.1) is 0 Å². The second-order valence-corrected chi connectivity index (χ2v) is 9.25. The summed E-state index contributed by atoms with van der Waals surface area (Å²) in [7, 11) is 1.37. The highest BCUT2D eigenvalue weighted by Gasteiger charge is 2.19. The molecular formula is C23H25Cl2NO5S. The van der Waals surface area contributed by atoms with E-state index in [1.165, 1.54) is 18.9 Å². The van der Waals surface area contributed by atoms with Crippen molar-refractivity contribution in [3.8, 4) is 0 Å². The molecule has 1 unspecified atom stereocenters. The number of carbonyl (C=O) groups is 2. The van der Waals surface area contributed by atoms with Gasteiger partial charge in [0, 0.05) is 34.6 Å². The standard InChI is InChI=1S/C23H25Cl2NO5S/c1-14(22(27)29-2)15-4-3-5-18(12-15)32-19-7-6-16(20(24)21(19)25)13-31-23(28)26-17-8-10-30-11-9-17/h3-7,12,14,17H,8-11,13H2,1-2H3,(H,26,28). The fraction of sp³-hybridized carbons (Fsp3) is 0.391. The molecule has 1 heterocycles. The topological polar surface area (TPSA) is 73.9 Å². The quantitative estimate of drug-likeness (QED) is 0.485. The van der Waals surface area contributed by atoms with E-state index in [2.05, 4.69) is 5.32 Å². The number of benzene rings is 2. The van der Waals surface area contributed by atoms with Crippen molar-refractivity contribution in [3.63, 3.8) is 0 Å². The first-order chi connectivity index (χ1) is 15.4. The van der Waals surface area contributed by atoms with Crippen LogP contribution in [0.4, 0.5) is 4.79 Å². The molecule has 2 aromatic carbocycles. The molecule has 32 heavy (non-hydrogen) atoms. The van der Waals surface area contributed by atoms with Crippen molar-refractivity contribution in [2.75, 3.05) is 20.3 Å². The smallest absolute Gasteiger partial charge is 0.407 e. The molecule has 0 spiro atoms. The van der Waals surface area contributed by atoms with Crippen LogP contribution in [0.25, 0.3) is 0 Å². The Morgan fingerprint density at radius 1 is 1.19 bits per heavy atom. The summed E-state index contributed by atoms with van der Waals surface area (Å²) in [4.78, 5) is 25.6. The molecular weight excluding hydrogens is 473 g/mol. The molecule has 1 amide bonds. The first kappa shape index (κ1) is 24.7. The highest BCUT2D eigenvalue weighted by Crippen LogP contribution is 2.39. The molecule has 6 nitrogen and oxygen atoms in total. The van der Waals surface area contributed by atoms with Gasteiger partial charge >= 0.3 is 12.1 Å². The van der Waals surface area contributed by atoms with Crippen LogP contribution in [0.3, 0.4) is 0 Å². The Bertz CT molecular complexity index is 965. The summed E-state index contributed by atoms with van der Waals surface area (Å²) in [6, 6.07) is 11.3. The predicted octanol–water partition coefficient (Wildman–Crippen LogP) is 5.83. The fourth-order valence-corrected chi connectivity index (χ4v) is 4.74. The van der Waals surface area contributed by atoms with Crippen molar-refractivity contribution >= 4 is 47.0 Å². The van der Waals surface area contributed by atoms with Gasteiger partial charge in [0.25, 0.3) is 0 Å². The van der Waals surface area contributed by atoms with E-state index >= 15 is 0 Å². The van der Waals surface area contributed by atoms with Gasteiger partial charge in [-0.1, -0.05) is 53.2 Å². The molecule has 1 saturated heterocycles. The summed E-state index contributed by atoms with van der Waals surface area (Å²) >= 11 is 14.4. The third-order valence-electron chi connectivity index (χ3n) is 5.17. The van der Waals surface area contributed by atoms with Crippen molar-refractivity contribution in [2.24, 2.45) is 0 Å². The second-order valence-electron chi connectivity index (χ2n) is 7.38. The Morgan fingerprint density at radius 2 is 1.94 bits per heavy atom. The van der Waals surface area contributed by atoms with E-state index in [9.17, 15) is 9.59 Å². The van der Waals surface area contributed by atoms with Crippen molar-refractivity contribution in [3.05, 3.63) is 57.6 Å². The molecule has 1 fully saturated rings. The van der Waals surface area contributed by atoms with Crippen LogP contribution < -0.4 is 5.32 Å². The maximum absolute atomic E-state index is 12.1. The van der Waals surface area contributed by atoms with Crippen molar-refractivity contribution in [2.45, 2.75) is 48.1 Å². The van der Waals surface area contributed by atoms with Gasteiger partial charge in [-0.25, -0.2) is 4.79 Å². The van der Waals surface area contributed by atoms with E-state index in [1.807, 2.05) is 30.3 Å². The Morgan fingerprint density at radius 3 is 2.66 bits per heavy atom. The zero-order valence-corrected chi connectivity index (χ0v) is 20.2. The van der Waals surface area contributed by atoms with E-state index < -0.39 is 6.09 Å². The average molecular weight is 498 g/mol. The summed E-state index contributed by atoms with van der Waals surface area (Å²) in [5.41, 5.74) is 1.47. The normalized spacial score (nSPS) is 15.1. The zero-order valence-electron chi connectivity index (χ0n) is 17.9. The summed E-state index contributed by atoms with van der Waals surface area (Å²) in [6.45, 7) is 3.09. The van der Waals surface area contributed by atoms with Crippen LogP contribution in [-0.4, -0.2) is 38.4 Å². The Labute approximate surface area is 201 Å². The number of rotatable bonds is 7. The van der Waals surface area contributed by atoms with Crippen LogP contribution in [0.1, 0.15) is 36.8 Å². The van der Waals surface area contributed by atoms with E-state index in [-0.39, 0.29) is 24.5 Å². The van der Waals surface area contributed by atoms with Crippen LogP contribution in [-0.2, 0) is 25.6 Å². The van der Waals surface area contributed by atoms with Gasteiger partial charge in [-0.15, -0.1) is 0 Å². The number of carbonyl (C=O) groups excluding carboxylic acids is 2. The second kappa shape index (κ2) is 11.8. The van der Waals surface area contributed by atoms with Gasteiger partial charge in [-0.3, -0.25) is 4.79 Å². The van der Waals surface area contributed by atoms with Crippen molar-refractivity contribution in [1.82, 2.24) is 5.32 Å². The Hall–Kier alpha value is -1.93. The molecule has 3 rings (SSSR count). The van der Waals surface area contributed by atoms with E-state index in [0.717, 1.165) is 28.2 Å². The predicted molar refractivity (Wildman–Crippen MR) is 125 cm³/mol. The number of methoxy groups -OCH3 is 1.